The maximum atomic E-state index is 11.2. The lowest BCUT2D eigenvalue weighted by molar-refractivity contribution is -0.148. The smallest absolute Gasteiger partial charge is 0.341 e. The van der Waals surface area contributed by atoms with Crippen molar-refractivity contribution < 1.29 is 14.3 Å². The molecule has 0 amide bonds. The van der Waals surface area contributed by atoms with E-state index >= 15 is 0 Å². The first-order valence-electron chi connectivity index (χ1n) is 4.13. The summed E-state index contributed by atoms with van der Waals surface area (Å²) in [6.07, 6.45) is 3.63. The average molecular weight is 170 g/mol. The van der Waals surface area contributed by atoms with Gasteiger partial charge in [-0.2, -0.15) is 0 Å². The van der Waals surface area contributed by atoms with Crippen molar-refractivity contribution in [3.8, 4) is 0 Å². The van der Waals surface area contributed by atoms with Gasteiger partial charge < -0.3 is 9.47 Å². The molecule has 0 N–H and O–H groups in total. The normalized spacial score (nSPS) is 33.8. The molecule has 1 aliphatic heterocycles. The van der Waals surface area contributed by atoms with Crippen molar-refractivity contribution in [2.75, 3.05) is 6.61 Å². The summed E-state index contributed by atoms with van der Waals surface area (Å²) in [7, 11) is 0. The molecule has 0 aromatic rings. The van der Waals surface area contributed by atoms with Gasteiger partial charge in [-0.3, -0.25) is 0 Å². The summed E-state index contributed by atoms with van der Waals surface area (Å²) in [5, 5.41) is 0. The third kappa shape index (κ3) is 1.50. The molecular weight excluding hydrogens is 156 g/mol. The van der Waals surface area contributed by atoms with Gasteiger partial charge in [-0.05, 0) is 20.8 Å². The number of esters is 1. The molecule has 0 saturated carbocycles. The van der Waals surface area contributed by atoms with Gasteiger partial charge in [-0.1, -0.05) is 12.2 Å². The molecule has 1 fully saturated rings. The minimum Gasteiger partial charge on any atom is -0.464 e. The lowest BCUT2D eigenvalue weighted by atomic mass is 10.1. The van der Waals surface area contributed by atoms with E-state index in [0.717, 1.165) is 0 Å². The Balaban J connectivity index is 2.48. The van der Waals surface area contributed by atoms with Gasteiger partial charge in [0.2, 0.25) is 0 Å². The molecule has 0 bridgehead atoms. The third-order valence-corrected chi connectivity index (χ3v) is 1.91. The van der Waals surface area contributed by atoms with Crippen LogP contribution in [0.25, 0.3) is 0 Å². The zero-order chi connectivity index (χ0) is 9.19. The van der Waals surface area contributed by atoms with Gasteiger partial charge >= 0.3 is 5.97 Å². The largest absolute Gasteiger partial charge is 0.464 e. The third-order valence-electron chi connectivity index (χ3n) is 1.91. The predicted octanol–water partition coefficient (Wildman–Crippen LogP) is 1.28. The van der Waals surface area contributed by atoms with Crippen LogP contribution in [0.15, 0.2) is 12.2 Å². The molecule has 0 aliphatic carbocycles. The Hall–Kier alpha value is -0.830. The highest BCUT2D eigenvalue weighted by Gasteiger charge is 2.58. The van der Waals surface area contributed by atoms with Crippen LogP contribution in [0.5, 0.6) is 0 Å². The summed E-state index contributed by atoms with van der Waals surface area (Å²) in [6, 6.07) is 0. The quantitative estimate of drug-likeness (QED) is 0.364. The number of hydrogen-bond acceptors (Lipinski definition) is 3. The highest BCUT2D eigenvalue weighted by Crippen LogP contribution is 2.38. The highest BCUT2D eigenvalue weighted by atomic mass is 16.7. The monoisotopic (exact) mass is 170 g/mol. The standard InChI is InChI=1S/C9H14O3/c1-4-6-7-9(3,12-7)8(10)11-5-2/h4,6-7H,5H2,1-3H3. The minimum atomic E-state index is -0.720. The van der Waals surface area contributed by atoms with E-state index in [1.807, 2.05) is 19.1 Å². The number of allylic oxidation sites excluding steroid dienone is 1. The summed E-state index contributed by atoms with van der Waals surface area (Å²) in [5.41, 5.74) is -0.720. The van der Waals surface area contributed by atoms with Crippen LogP contribution in [0, 0.1) is 0 Å². The number of rotatable bonds is 3. The maximum absolute atomic E-state index is 11.2. The van der Waals surface area contributed by atoms with E-state index in [1.165, 1.54) is 0 Å². The van der Waals surface area contributed by atoms with Crippen LogP contribution < -0.4 is 0 Å². The summed E-state index contributed by atoms with van der Waals surface area (Å²) in [6.45, 7) is 5.83. The highest BCUT2D eigenvalue weighted by molar-refractivity contribution is 5.83. The van der Waals surface area contributed by atoms with E-state index in [1.54, 1.807) is 13.8 Å². The van der Waals surface area contributed by atoms with Crippen molar-refractivity contribution in [2.45, 2.75) is 32.5 Å². The Morgan fingerprint density at radius 2 is 2.42 bits per heavy atom. The van der Waals surface area contributed by atoms with Crippen molar-refractivity contribution in [2.24, 2.45) is 0 Å². The first kappa shape index (κ1) is 9.26. The molecule has 3 nitrogen and oxygen atoms in total. The molecule has 2 atom stereocenters. The Morgan fingerprint density at radius 3 is 2.92 bits per heavy atom. The van der Waals surface area contributed by atoms with Gasteiger partial charge in [0.25, 0.3) is 0 Å². The maximum Gasteiger partial charge on any atom is 0.341 e. The number of carbonyl (C=O) groups excluding carboxylic acids is 1. The summed E-state index contributed by atoms with van der Waals surface area (Å²) >= 11 is 0. The summed E-state index contributed by atoms with van der Waals surface area (Å²) < 4.78 is 10.0. The van der Waals surface area contributed by atoms with Crippen molar-refractivity contribution in [1.82, 2.24) is 0 Å². The molecule has 0 radical (unpaired) electrons. The molecule has 2 unspecified atom stereocenters. The van der Waals surface area contributed by atoms with Crippen molar-refractivity contribution in [3.63, 3.8) is 0 Å². The second-order valence-corrected chi connectivity index (χ2v) is 2.89. The Bertz CT molecular complexity index is 210. The molecular formula is C9H14O3. The first-order valence-corrected chi connectivity index (χ1v) is 4.13. The fraction of sp³-hybridized carbons (Fsp3) is 0.667. The van der Waals surface area contributed by atoms with Crippen LogP contribution >= 0.6 is 0 Å². The molecule has 12 heavy (non-hydrogen) atoms. The van der Waals surface area contributed by atoms with Gasteiger partial charge in [0.1, 0.15) is 6.10 Å². The van der Waals surface area contributed by atoms with E-state index in [0.29, 0.717) is 6.61 Å². The zero-order valence-electron chi connectivity index (χ0n) is 7.66. The van der Waals surface area contributed by atoms with Gasteiger partial charge in [-0.15, -0.1) is 0 Å². The molecule has 1 rings (SSSR count). The average Bonchev–Trinajstić information content (AvgIpc) is 2.65. The fourth-order valence-electron chi connectivity index (χ4n) is 1.07. The van der Waals surface area contributed by atoms with Crippen molar-refractivity contribution in [1.29, 1.82) is 0 Å². The molecule has 1 aliphatic rings. The predicted molar refractivity (Wildman–Crippen MR) is 44.7 cm³/mol. The molecule has 0 aromatic carbocycles. The lowest BCUT2D eigenvalue weighted by Gasteiger charge is -2.03. The zero-order valence-corrected chi connectivity index (χ0v) is 7.66. The second kappa shape index (κ2) is 3.27. The van der Waals surface area contributed by atoms with Crippen LogP contribution in [0.4, 0.5) is 0 Å². The first-order chi connectivity index (χ1) is 5.65. The molecule has 0 aromatic heterocycles. The number of carbonyl (C=O) groups is 1. The summed E-state index contributed by atoms with van der Waals surface area (Å²) in [5.74, 6) is -0.270. The van der Waals surface area contributed by atoms with Gasteiger partial charge in [0, 0.05) is 0 Å². The SMILES string of the molecule is CC=CC1OC1(C)C(=O)OCC. The molecule has 1 heterocycles. The van der Waals surface area contributed by atoms with E-state index in [-0.39, 0.29) is 12.1 Å². The van der Waals surface area contributed by atoms with Gasteiger partial charge in [0.15, 0.2) is 5.60 Å². The van der Waals surface area contributed by atoms with Gasteiger partial charge in [0.05, 0.1) is 6.61 Å². The number of epoxide rings is 1. The molecule has 1 saturated heterocycles. The molecule has 0 spiro atoms. The second-order valence-electron chi connectivity index (χ2n) is 2.89. The van der Waals surface area contributed by atoms with Crippen LogP contribution in [0.2, 0.25) is 0 Å². The Morgan fingerprint density at radius 1 is 1.75 bits per heavy atom. The molecule has 68 valence electrons. The van der Waals surface area contributed by atoms with E-state index in [4.69, 9.17) is 9.47 Å². The van der Waals surface area contributed by atoms with E-state index in [9.17, 15) is 4.79 Å². The Kier molecular flexibility index (Phi) is 2.52. The van der Waals surface area contributed by atoms with E-state index < -0.39 is 5.60 Å². The van der Waals surface area contributed by atoms with Crippen LogP contribution in [-0.4, -0.2) is 24.3 Å². The number of ether oxygens (including phenoxy) is 2. The van der Waals surface area contributed by atoms with E-state index in [2.05, 4.69) is 0 Å². The van der Waals surface area contributed by atoms with Crippen molar-refractivity contribution >= 4 is 5.97 Å². The van der Waals surface area contributed by atoms with Crippen LogP contribution in [0.1, 0.15) is 20.8 Å². The fourth-order valence-corrected chi connectivity index (χ4v) is 1.07. The van der Waals surface area contributed by atoms with Gasteiger partial charge in [-0.25, -0.2) is 4.79 Å². The number of hydrogen-bond donors (Lipinski definition) is 0. The summed E-state index contributed by atoms with van der Waals surface area (Å²) in [4.78, 5) is 11.2. The van der Waals surface area contributed by atoms with Crippen LogP contribution in [-0.2, 0) is 14.3 Å². The lowest BCUT2D eigenvalue weighted by Crippen LogP contribution is -2.25. The molecule has 3 heteroatoms. The topological polar surface area (TPSA) is 38.8 Å². The Labute approximate surface area is 72.4 Å². The van der Waals surface area contributed by atoms with Crippen LogP contribution in [0.3, 0.4) is 0 Å². The minimum absolute atomic E-state index is 0.0958. The van der Waals surface area contributed by atoms with Crippen molar-refractivity contribution in [3.05, 3.63) is 12.2 Å².